The third-order valence-electron chi connectivity index (χ3n) is 1.54. The van der Waals surface area contributed by atoms with Crippen molar-refractivity contribution < 1.29 is 27.9 Å². The van der Waals surface area contributed by atoms with Gasteiger partial charge in [0.1, 0.15) is 4.88 Å². The van der Waals surface area contributed by atoms with Crippen molar-refractivity contribution in [1.82, 2.24) is 5.48 Å². The lowest BCUT2D eigenvalue weighted by molar-refractivity contribution is -0.137. The fourth-order valence-corrected chi connectivity index (χ4v) is 1.72. The monoisotopic (exact) mass is 255 g/mol. The van der Waals surface area contributed by atoms with Crippen molar-refractivity contribution in [2.45, 2.75) is 6.18 Å². The first-order chi connectivity index (χ1) is 7.46. The number of aliphatic hydroxyl groups is 1. The average Bonchev–Trinajstić information content (AvgIpc) is 2.65. The molecule has 1 amide bonds. The predicted octanol–water partition coefficient (Wildman–Crippen LogP) is 1.42. The first kappa shape index (κ1) is 12.9. The Hall–Kier alpha value is -1.12. The van der Waals surface area contributed by atoms with Gasteiger partial charge in [0.05, 0.1) is 18.8 Å². The van der Waals surface area contributed by atoms with E-state index in [2.05, 4.69) is 4.84 Å². The molecular weight excluding hydrogens is 247 g/mol. The second kappa shape index (κ2) is 5.28. The third kappa shape index (κ3) is 3.19. The maximum absolute atomic E-state index is 12.4. The van der Waals surface area contributed by atoms with E-state index in [0.717, 1.165) is 6.07 Å². The summed E-state index contributed by atoms with van der Waals surface area (Å²) in [5.41, 5.74) is 0.812. The summed E-state index contributed by atoms with van der Waals surface area (Å²) < 4.78 is 37.1. The number of alkyl halides is 3. The zero-order chi connectivity index (χ0) is 12.2. The van der Waals surface area contributed by atoms with Gasteiger partial charge in [-0.1, -0.05) is 0 Å². The Labute approximate surface area is 92.6 Å². The van der Waals surface area contributed by atoms with Crippen LogP contribution >= 0.6 is 11.3 Å². The zero-order valence-corrected chi connectivity index (χ0v) is 8.69. The number of thiophene rings is 1. The largest absolute Gasteiger partial charge is 0.418 e. The molecule has 0 bridgehead atoms. The summed E-state index contributed by atoms with van der Waals surface area (Å²) in [6.07, 6.45) is -4.57. The van der Waals surface area contributed by atoms with Gasteiger partial charge in [-0.25, -0.2) is 5.48 Å². The molecule has 1 heterocycles. The molecule has 0 saturated carbocycles. The minimum absolute atomic E-state index is 0.182. The molecule has 0 aliphatic heterocycles. The van der Waals surface area contributed by atoms with Crippen molar-refractivity contribution in [2.24, 2.45) is 0 Å². The van der Waals surface area contributed by atoms with Crippen LogP contribution in [-0.2, 0) is 11.0 Å². The smallest absolute Gasteiger partial charge is 0.394 e. The molecule has 0 radical (unpaired) electrons. The lowest BCUT2D eigenvalue weighted by atomic mass is 10.2. The lowest BCUT2D eigenvalue weighted by Gasteiger charge is -2.07. The summed E-state index contributed by atoms with van der Waals surface area (Å²) >= 11 is 0.668. The number of nitrogens with one attached hydrogen (secondary N) is 1. The Morgan fingerprint density at radius 1 is 1.56 bits per heavy atom. The molecule has 0 atom stereocenters. The fraction of sp³-hybridized carbons (Fsp3) is 0.375. The normalized spacial score (nSPS) is 11.5. The number of halogens is 3. The van der Waals surface area contributed by atoms with E-state index in [-0.39, 0.29) is 13.2 Å². The Bertz CT molecular complexity index is 364. The van der Waals surface area contributed by atoms with Crippen LogP contribution in [-0.4, -0.2) is 24.2 Å². The Morgan fingerprint density at radius 3 is 2.81 bits per heavy atom. The molecule has 0 spiro atoms. The second-order valence-electron chi connectivity index (χ2n) is 2.66. The highest BCUT2D eigenvalue weighted by molar-refractivity contribution is 7.12. The van der Waals surface area contributed by atoms with Crippen LogP contribution in [0.3, 0.4) is 0 Å². The standard InChI is InChI=1S/C8H8F3NO3S/c9-8(10,11)5-1-4-16-6(5)7(14)12-15-3-2-13/h1,4,13H,2-3H2,(H,12,14). The Kier molecular flexibility index (Phi) is 4.27. The summed E-state index contributed by atoms with van der Waals surface area (Å²) in [5, 5.41) is 9.51. The SMILES string of the molecule is O=C(NOCCO)c1sccc1C(F)(F)F. The molecule has 16 heavy (non-hydrogen) atoms. The van der Waals surface area contributed by atoms with Gasteiger partial charge >= 0.3 is 6.18 Å². The highest BCUT2D eigenvalue weighted by Crippen LogP contribution is 2.34. The van der Waals surface area contributed by atoms with Gasteiger partial charge in [0.2, 0.25) is 0 Å². The van der Waals surface area contributed by atoms with Crippen LogP contribution in [0.2, 0.25) is 0 Å². The van der Waals surface area contributed by atoms with Gasteiger partial charge in [-0.3, -0.25) is 9.63 Å². The molecule has 0 aliphatic rings. The maximum Gasteiger partial charge on any atom is 0.418 e. The van der Waals surface area contributed by atoms with Crippen LogP contribution in [0, 0.1) is 0 Å². The van der Waals surface area contributed by atoms with Gasteiger partial charge in [-0.2, -0.15) is 13.2 Å². The van der Waals surface area contributed by atoms with Gasteiger partial charge < -0.3 is 5.11 Å². The van der Waals surface area contributed by atoms with Crippen molar-refractivity contribution >= 4 is 17.2 Å². The van der Waals surface area contributed by atoms with Crippen LogP contribution in [0.1, 0.15) is 15.2 Å². The zero-order valence-electron chi connectivity index (χ0n) is 7.87. The molecule has 90 valence electrons. The average molecular weight is 255 g/mol. The molecule has 1 aromatic rings. The number of hydrogen-bond donors (Lipinski definition) is 2. The van der Waals surface area contributed by atoms with E-state index in [9.17, 15) is 18.0 Å². The van der Waals surface area contributed by atoms with E-state index in [0.29, 0.717) is 11.3 Å². The van der Waals surface area contributed by atoms with Gasteiger partial charge in [0, 0.05) is 0 Å². The fourth-order valence-electron chi connectivity index (χ4n) is 0.917. The van der Waals surface area contributed by atoms with E-state index < -0.39 is 22.5 Å². The van der Waals surface area contributed by atoms with E-state index in [4.69, 9.17) is 5.11 Å². The van der Waals surface area contributed by atoms with Crippen LogP contribution in [0.5, 0.6) is 0 Å². The molecule has 0 aromatic carbocycles. The predicted molar refractivity (Wildman–Crippen MR) is 49.8 cm³/mol. The van der Waals surface area contributed by atoms with Gasteiger partial charge in [0.25, 0.3) is 5.91 Å². The lowest BCUT2D eigenvalue weighted by Crippen LogP contribution is -2.26. The molecule has 0 fully saturated rings. The number of hydrogen-bond acceptors (Lipinski definition) is 4. The van der Waals surface area contributed by atoms with Gasteiger partial charge in [-0.05, 0) is 11.4 Å². The summed E-state index contributed by atoms with van der Waals surface area (Å²) in [7, 11) is 0. The number of rotatable bonds is 4. The summed E-state index contributed by atoms with van der Waals surface area (Å²) in [6, 6.07) is 0.825. The van der Waals surface area contributed by atoms with Crippen molar-refractivity contribution in [1.29, 1.82) is 0 Å². The maximum atomic E-state index is 12.4. The molecule has 1 aromatic heterocycles. The number of carbonyl (C=O) groups excluding carboxylic acids is 1. The van der Waals surface area contributed by atoms with Crippen LogP contribution < -0.4 is 5.48 Å². The molecule has 0 aliphatic carbocycles. The second-order valence-corrected chi connectivity index (χ2v) is 3.58. The first-order valence-electron chi connectivity index (χ1n) is 4.14. The van der Waals surface area contributed by atoms with Crippen molar-refractivity contribution in [2.75, 3.05) is 13.2 Å². The van der Waals surface area contributed by atoms with Crippen LogP contribution in [0.25, 0.3) is 0 Å². The minimum atomic E-state index is -4.57. The molecule has 2 N–H and O–H groups in total. The molecular formula is C8H8F3NO3S. The number of aliphatic hydroxyl groups excluding tert-OH is 1. The van der Waals surface area contributed by atoms with E-state index >= 15 is 0 Å². The highest BCUT2D eigenvalue weighted by atomic mass is 32.1. The van der Waals surface area contributed by atoms with E-state index in [1.165, 1.54) is 5.38 Å². The van der Waals surface area contributed by atoms with Gasteiger partial charge in [-0.15, -0.1) is 11.3 Å². The van der Waals surface area contributed by atoms with Crippen LogP contribution in [0.15, 0.2) is 11.4 Å². The quantitative estimate of drug-likeness (QED) is 0.632. The molecule has 4 nitrogen and oxygen atoms in total. The van der Waals surface area contributed by atoms with E-state index in [1.807, 2.05) is 5.48 Å². The highest BCUT2D eigenvalue weighted by Gasteiger charge is 2.36. The van der Waals surface area contributed by atoms with Crippen LogP contribution in [0.4, 0.5) is 13.2 Å². The summed E-state index contributed by atoms with van der Waals surface area (Å²) in [6.45, 7) is -0.519. The topological polar surface area (TPSA) is 58.6 Å². The molecule has 1 rings (SSSR count). The minimum Gasteiger partial charge on any atom is -0.394 e. The van der Waals surface area contributed by atoms with Crippen molar-refractivity contribution in [3.63, 3.8) is 0 Å². The Balaban J connectivity index is 2.73. The van der Waals surface area contributed by atoms with E-state index in [1.54, 1.807) is 0 Å². The third-order valence-corrected chi connectivity index (χ3v) is 2.45. The number of amides is 1. The van der Waals surface area contributed by atoms with Gasteiger partial charge in [0.15, 0.2) is 0 Å². The summed E-state index contributed by atoms with van der Waals surface area (Å²) in [5.74, 6) is -0.976. The molecule has 0 saturated heterocycles. The molecule has 0 unspecified atom stereocenters. The first-order valence-corrected chi connectivity index (χ1v) is 5.02. The summed E-state index contributed by atoms with van der Waals surface area (Å²) in [4.78, 5) is 15.2. The van der Waals surface area contributed by atoms with Crippen molar-refractivity contribution in [3.05, 3.63) is 21.9 Å². The van der Waals surface area contributed by atoms with Crippen molar-refractivity contribution in [3.8, 4) is 0 Å². The molecule has 8 heteroatoms. The number of hydroxylamine groups is 1. The Morgan fingerprint density at radius 2 is 2.25 bits per heavy atom. The number of carbonyl (C=O) groups is 1.